The van der Waals surface area contributed by atoms with Gasteiger partial charge in [0, 0.05) is 85.6 Å². The van der Waals surface area contributed by atoms with Gasteiger partial charge in [0.05, 0.1) is 22.5 Å². The van der Waals surface area contributed by atoms with Gasteiger partial charge in [0.1, 0.15) is 11.6 Å². The fourth-order valence-corrected chi connectivity index (χ4v) is 6.54. The normalized spacial score (nSPS) is 11.6. The highest BCUT2D eigenvalue weighted by atomic mass is 19.4. The van der Waals surface area contributed by atoms with Crippen LogP contribution in [0.5, 0.6) is 0 Å². The lowest BCUT2D eigenvalue weighted by molar-refractivity contribution is -0.137. The molecule has 0 aliphatic carbocycles. The minimum atomic E-state index is -4.44. The highest BCUT2D eigenvalue weighted by Gasteiger charge is 2.31. The molecule has 314 valence electrons. The summed E-state index contributed by atoms with van der Waals surface area (Å²) in [5.74, 6) is 1.28. The third kappa shape index (κ3) is 11.4. The Morgan fingerprint density at radius 2 is 1.44 bits per heavy atom. The van der Waals surface area contributed by atoms with Gasteiger partial charge in [-0.2, -0.15) is 13.2 Å². The van der Waals surface area contributed by atoms with E-state index < -0.39 is 11.7 Å². The topological polar surface area (TPSA) is 176 Å². The van der Waals surface area contributed by atoms with Gasteiger partial charge in [-0.05, 0) is 78.1 Å². The molecule has 0 saturated heterocycles. The number of aryl methyl sites for hydroxylation is 1. The molecule has 0 amide bonds. The summed E-state index contributed by atoms with van der Waals surface area (Å²) < 4.78 is 53.1. The van der Waals surface area contributed by atoms with Crippen molar-refractivity contribution in [2.24, 2.45) is 5.73 Å². The third-order valence-corrected chi connectivity index (χ3v) is 9.55. The Morgan fingerprint density at radius 1 is 0.726 bits per heavy atom. The molecule has 0 fully saturated rings. The zero-order chi connectivity index (χ0) is 43.3. The first-order chi connectivity index (χ1) is 30.1. The Morgan fingerprint density at radius 3 is 2.11 bits per heavy atom. The van der Waals surface area contributed by atoms with Crippen molar-refractivity contribution in [1.29, 1.82) is 0 Å². The summed E-state index contributed by atoms with van der Waals surface area (Å²) in [7, 11) is 0. The number of aromatic amines is 2. The fraction of sp³-hybridized carbons (Fsp3) is 0.152. The van der Waals surface area contributed by atoms with Crippen molar-refractivity contribution in [3.8, 4) is 44.8 Å². The van der Waals surface area contributed by atoms with Crippen LogP contribution in [0, 0.1) is 5.82 Å². The highest BCUT2D eigenvalue weighted by molar-refractivity contribution is 5.82. The predicted molar refractivity (Wildman–Crippen MR) is 231 cm³/mol. The van der Waals surface area contributed by atoms with Gasteiger partial charge in [-0.3, -0.25) is 19.7 Å². The maximum Gasteiger partial charge on any atom is 0.416 e. The predicted octanol–water partition coefficient (Wildman–Crippen LogP) is 8.61. The number of halogens is 4. The van der Waals surface area contributed by atoms with Crippen molar-refractivity contribution in [1.82, 2.24) is 39.9 Å². The first-order valence-corrected chi connectivity index (χ1v) is 19.6. The van der Waals surface area contributed by atoms with Crippen LogP contribution in [0.15, 0.2) is 151 Å². The average molecular weight is 840 g/mol. The van der Waals surface area contributed by atoms with Gasteiger partial charge in [-0.25, -0.2) is 24.3 Å². The quantitative estimate of drug-likeness (QED) is 0.0527. The summed E-state index contributed by atoms with van der Waals surface area (Å²) in [6.07, 6.45) is 9.39. The molecule has 0 radical (unpaired) electrons. The molecule has 0 aliphatic heterocycles. The Kier molecular flexibility index (Phi) is 13.8. The van der Waals surface area contributed by atoms with Crippen molar-refractivity contribution in [3.63, 3.8) is 0 Å². The second kappa shape index (κ2) is 20.1. The molecule has 5 heterocycles. The zero-order valence-corrected chi connectivity index (χ0v) is 33.2. The lowest BCUT2D eigenvalue weighted by Crippen LogP contribution is -2.31. The number of nitrogens with zero attached hydrogens (tertiary/aromatic N) is 6. The molecular formula is C46H41F4N11O. The van der Waals surface area contributed by atoms with E-state index in [0.29, 0.717) is 65.0 Å². The van der Waals surface area contributed by atoms with E-state index >= 15 is 0 Å². The summed E-state index contributed by atoms with van der Waals surface area (Å²) in [4.78, 5) is 44.5. The van der Waals surface area contributed by atoms with Crippen LogP contribution in [0.4, 0.5) is 29.5 Å². The molecule has 0 aliphatic rings. The number of pyridine rings is 2. The summed E-state index contributed by atoms with van der Waals surface area (Å²) >= 11 is 0. The van der Waals surface area contributed by atoms with E-state index in [2.05, 4.69) is 50.5 Å². The second-order valence-corrected chi connectivity index (χ2v) is 14.0. The molecule has 0 spiro atoms. The van der Waals surface area contributed by atoms with E-state index in [0.717, 1.165) is 47.5 Å². The SMILES string of the molecule is N[C@H](CNc1ncc(-c2cccc(C(F)(F)F)c2)c(-c2ccncc2)n1)Cc1ccccc1.O=c1[nH]c(NCCCc2ncc[nH]2)nc(-c2ccncc2)c1-c1ccc(F)cc1. The van der Waals surface area contributed by atoms with Crippen LogP contribution in [0.25, 0.3) is 44.8 Å². The van der Waals surface area contributed by atoms with Crippen molar-refractivity contribution in [2.75, 3.05) is 23.7 Å². The van der Waals surface area contributed by atoms with E-state index in [9.17, 15) is 22.4 Å². The van der Waals surface area contributed by atoms with Crippen LogP contribution >= 0.6 is 0 Å². The standard InChI is InChI=1S/C25H22F3N5.C21H19FN6O/c26-25(27,28)20-8-4-7-19(14-20)22-16-32-24(33-23(22)18-9-11-30-12-10-18)31-15-21(29)13-17-5-2-1-3-6-17;22-16-5-3-14(4-6-16)18-19(15-7-10-23-11-8-15)27-21(28-20(18)29)26-9-1-2-17-24-12-13-25-17/h1-12,14,16,21H,13,15,29H2,(H,31,32,33);3-8,10-13H,1-2,9H2,(H,24,25)(H2,26,27,28,29)/t21-;/m0./s1. The minimum Gasteiger partial charge on any atom is -0.356 e. The Labute approximate surface area is 353 Å². The number of nitrogens with one attached hydrogen (secondary N) is 4. The summed E-state index contributed by atoms with van der Waals surface area (Å²) in [5.41, 5.74) is 10.7. The van der Waals surface area contributed by atoms with Gasteiger partial charge in [0.2, 0.25) is 11.9 Å². The summed E-state index contributed by atoms with van der Waals surface area (Å²) in [6.45, 7) is 1.06. The first kappa shape index (κ1) is 42.5. The average Bonchev–Trinajstić information content (AvgIpc) is 3.82. The molecule has 0 unspecified atom stereocenters. The largest absolute Gasteiger partial charge is 0.416 e. The van der Waals surface area contributed by atoms with Gasteiger partial charge in [-0.1, -0.05) is 54.6 Å². The van der Waals surface area contributed by atoms with Crippen LogP contribution in [0.3, 0.4) is 0 Å². The van der Waals surface area contributed by atoms with Crippen LogP contribution in [-0.2, 0) is 19.0 Å². The number of H-pyrrole nitrogens is 2. The van der Waals surface area contributed by atoms with Crippen LogP contribution in [-0.4, -0.2) is 59.0 Å². The van der Waals surface area contributed by atoms with Crippen LogP contribution in [0.1, 0.15) is 23.4 Å². The van der Waals surface area contributed by atoms with E-state index in [-0.39, 0.29) is 17.4 Å². The van der Waals surface area contributed by atoms with E-state index in [1.54, 1.807) is 79.6 Å². The lowest BCUT2D eigenvalue weighted by Gasteiger charge is -2.15. The highest BCUT2D eigenvalue weighted by Crippen LogP contribution is 2.35. The number of aromatic nitrogens is 8. The van der Waals surface area contributed by atoms with E-state index in [1.807, 2.05) is 30.3 Å². The molecule has 62 heavy (non-hydrogen) atoms. The molecule has 3 aromatic carbocycles. The number of alkyl halides is 3. The van der Waals surface area contributed by atoms with E-state index in [4.69, 9.17) is 5.73 Å². The number of anilines is 2. The molecule has 12 nitrogen and oxygen atoms in total. The Balaban J connectivity index is 0.000000188. The third-order valence-electron chi connectivity index (χ3n) is 9.55. The number of nitrogens with two attached hydrogens (primary N) is 1. The molecule has 8 rings (SSSR count). The lowest BCUT2D eigenvalue weighted by atomic mass is 9.99. The number of rotatable bonds is 14. The maximum atomic E-state index is 13.3. The summed E-state index contributed by atoms with van der Waals surface area (Å²) in [5, 5.41) is 6.31. The van der Waals surface area contributed by atoms with Gasteiger partial charge >= 0.3 is 6.18 Å². The molecular weight excluding hydrogens is 799 g/mol. The molecule has 1 atom stereocenters. The van der Waals surface area contributed by atoms with Crippen LogP contribution in [0.2, 0.25) is 0 Å². The monoisotopic (exact) mass is 839 g/mol. The van der Waals surface area contributed by atoms with Crippen molar-refractivity contribution < 1.29 is 17.6 Å². The van der Waals surface area contributed by atoms with Crippen molar-refractivity contribution >= 4 is 11.9 Å². The molecule has 8 aromatic rings. The molecule has 16 heteroatoms. The van der Waals surface area contributed by atoms with Crippen molar-refractivity contribution in [3.05, 3.63) is 180 Å². The summed E-state index contributed by atoms with van der Waals surface area (Å²) in [6, 6.07) is 27.8. The van der Waals surface area contributed by atoms with Crippen molar-refractivity contribution in [2.45, 2.75) is 31.5 Å². The minimum absolute atomic E-state index is 0.163. The van der Waals surface area contributed by atoms with Gasteiger partial charge in [0.15, 0.2) is 0 Å². The number of hydrogen-bond donors (Lipinski definition) is 5. The Bertz CT molecular complexity index is 2700. The second-order valence-electron chi connectivity index (χ2n) is 14.0. The molecule has 5 aromatic heterocycles. The fourth-order valence-electron chi connectivity index (χ4n) is 6.54. The maximum absolute atomic E-state index is 13.3. The molecule has 0 saturated carbocycles. The van der Waals surface area contributed by atoms with Crippen LogP contribution < -0.4 is 21.9 Å². The number of imidazole rings is 1. The smallest absolute Gasteiger partial charge is 0.356 e. The van der Waals surface area contributed by atoms with E-state index in [1.165, 1.54) is 24.4 Å². The number of hydrogen-bond acceptors (Lipinski definition) is 10. The van der Waals surface area contributed by atoms with Gasteiger partial charge in [-0.15, -0.1) is 0 Å². The van der Waals surface area contributed by atoms with Gasteiger partial charge < -0.3 is 21.4 Å². The molecule has 6 N–H and O–H groups in total. The molecule has 0 bridgehead atoms. The first-order valence-electron chi connectivity index (χ1n) is 19.6. The van der Waals surface area contributed by atoms with Gasteiger partial charge in [0.25, 0.3) is 5.56 Å². The number of benzene rings is 3. The Hall–Kier alpha value is -7.59. The zero-order valence-electron chi connectivity index (χ0n) is 33.2.